The highest BCUT2D eigenvalue weighted by Gasteiger charge is 2.25. The van der Waals surface area contributed by atoms with Crippen molar-refractivity contribution in [3.05, 3.63) is 39.4 Å². The van der Waals surface area contributed by atoms with E-state index in [1.54, 1.807) is 24.0 Å². The summed E-state index contributed by atoms with van der Waals surface area (Å²) in [4.78, 5) is 24.6. The minimum atomic E-state index is -0.451. The van der Waals surface area contributed by atoms with E-state index in [9.17, 15) is 14.9 Å². The predicted octanol–water partition coefficient (Wildman–Crippen LogP) is 1.34. The standard InChI is InChI=1S/C13H17N3O3/c1-9-3-4-11(7-12(9)16(18)19)13(17)15-6-5-14-8-10(15)2/h3-4,7,10,14H,5-6,8H2,1-2H3/t10-/m0/s1. The maximum Gasteiger partial charge on any atom is 0.273 e. The van der Waals surface area contributed by atoms with Gasteiger partial charge in [-0.2, -0.15) is 0 Å². The fourth-order valence-corrected chi connectivity index (χ4v) is 2.25. The van der Waals surface area contributed by atoms with Crippen molar-refractivity contribution in [2.75, 3.05) is 19.6 Å². The molecule has 1 aromatic carbocycles. The van der Waals surface area contributed by atoms with E-state index in [0.29, 0.717) is 17.7 Å². The van der Waals surface area contributed by atoms with Crippen LogP contribution in [0.5, 0.6) is 0 Å². The lowest BCUT2D eigenvalue weighted by Crippen LogP contribution is -2.52. The second-order valence-electron chi connectivity index (χ2n) is 4.81. The largest absolute Gasteiger partial charge is 0.333 e. The molecular formula is C13H17N3O3. The zero-order valence-electron chi connectivity index (χ0n) is 11.0. The third-order valence-corrected chi connectivity index (χ3v) is 3.41. The van der Waals surface area contributed by atoms with Gasteiger partial charge in [-0.05, 0) is 19.9 Å². The van der Waals surface area contributed by atoms with Crippen LogP contribution in [0.3, 0.4) is 0 Å². The first-order chi connectivity index (χ1) is 9.00. The van der Waals surface area contributed by atoms with Crippen molar-refractivity contribution in [3.8, 4) is 0 Å². The molecule has 0 saturated carbocycles. The van der Waals surface area contributed by atoms with Crippen molar-refractivity contribution in [1.29, 1.82) is 0 Å². The van der Waals surface area contributed by atoms with Crippen molar-refractivity contribution < 1.29 is 9.72 Å². The zero-order valence-corrected chi connectivity index (χ0v) is 11.0. The van der Waals surface area contributed by atoms with Gasteiger partial charge in [-0.1, -0.05) is 6.07 Å². The predicted molar refractivity (Wildman–Crippen MR) is 71.2 cm³/mol. The van der Waals surface area contributed by atoms with E-state index in [1.807, 2.05) is 6.92 Å². The molecule has 1 aromatic rings. The number of nitro groups is 1. The summed E-state index contributed by atoms with van der Waals surface area (Å²) in [5.74, 6) is -0.142. The van der Waals surface area contributed by atoms with Gasteiger partial charge < -0.3 is 10.2 Å². The monoisotopic (exact) mass is 263 g/mol. The quantitative estimate of drug-likeness (QED) is 0.645. The van der Waals surface area contributed by atoms with Crippen molar-refractivity contribution in [2.45, 2.75) is 19.9 Å². The molecule has 1 N–H and O–H groups in total. The average molecular weight is 263 g/mol. The molecule has 0 aromatic heterocycles. The normalized spacial score (nSPS) is 19.3. The summed E-state index contributed by atoms with van der Waals surface area (Å²) in [6.45, 7) is 5.76. The number of rotatable bonds is 2. The van der Waals surface area contributed by atoms with Crippen molar-refractivity contribution in [2.24, 2.45) is 0 Å². The third-order valence-electron chi connectivity index (χ3n) is 3.41. The van der Waals surface area contributed by atoms with E-state index in [0.717, 1.165) is 13.1 Å². The number of nitrogens with one attached hydrogen (secondary N) is 1. The molecule has 1 aliphatic rings. The van der Waals surface area contributed by atoms with Crippen molar-refractivity contribution in [1.82, 2.24) is 10.2 Å². The number of carbonyl (C=O) groups is 1. The van der Waals surface area contributed by atoms with Gasteiger partial charge in [0.25, 0.3) is 11.6 Å². The Morgan fingerprint density at radius 1 is 1.53 bits per heavy atom. The molecule has 19 heavy (non-hydrogen) atoms. The molecule has 2 rings (SSSR count). The molecule has 6 nitrogen and oxygen atoms in total. The summed E-state index contributed by atoms with van der Waals surface area (Å²) in [7, 11) is 0. The van der Waals surface area contributed by atoms with Gasteiger partial charge in [0, 0.05) is 42.9 Å². The number of carbonyl (C=O) groups excluding carboxylic acids is 1. The van der Waals surface area contributed by atoms with Gasteiger partial charge in [-0.15, -0.1) is 0 Å². The third kappa shape index (κ3) is 2.73. The van der Waals surface area contributed by atoms with Crippen LogP contribution < -0.4 is 5.32 Å². The molecule has 1 amide bonds. The lowest BCUT2D eigenvalue weighted by molar-refractivity contribution is -0.385. The van der Waals surface area contributed by atoms with Crippen molar-refractivity contribution in [3.63, 3.8) is 0 Å². The molecule has 1 aliphatic heterocycles. The van der Waals surface area contributed by atoms with E-state index < -0.39 is 4.92 Å². The number of hydrogen-bond acceptors (Lipinski definition) is 4. The summed E-state index contributed by atoms with van der Waals surface area (Å²) < 4.78 is 0. The fourth-order valence-electron chi connectivity index (χ4n) is 2.25. The molecule has 6 heteroatoms. The van der Waals surface area contributed by atoms with Crippen LogP contribution in [-0.2, 0) is 0 Å². The number of hydrogen-bond donors (Lipinski definition) is 1. The molecule has 1 heterocycles. The SMILES string of the molecule is Cc1ccc(C(=O)N2CCNC[C@@H]2C)cc1[N+](=O)[O-]. The number of nitrogens with zero attached hydrogens (tertiary/aromatic N) is 2. The van der Waals surface area contributed by atoms with Gasteiger partial charge in [-0.3, -0.25) is 14.9 Å². The van der Waals surface area contributed by atoms with Crippen LogP contribution in [0.15, 0.2) is 18.2 Å². The van der Waals surface area contributed by atoms with Gasteiger partial charge in [-0.25, -0.2) is 0 Å². The Labute approximate surface area is 111 Å². The van der Waals surface area contributed by atoms with Gasteiger partial charge in [0.15, 0.2) is 0 Å². The Morgan fingerprint density at radius 2 is 2.26 bits per heavy atom. The second-order valence-corrected chi connectivity index (χ2v) is 4.81. The first kappa shape index (κ1) is 13.5. The van der Waals surface area contributed by atoms with Crippen LogP contribution in [0.1, 0.15) is 22.8 Å². The fraction of sp³-hybridized carbons (Fsp3) is 0.462. The van der Waals surface area contributed by atoms with Crippen LogP contribution in [0.25, 0.3) is 0 Å². The summed E-state index contributed by atoms with van der Waals surface area (Å²) >= 11 is 0. The van der Waals surface area contributed by atoms with E-state index >= 15 is 0 Å². The number of aryl methyl sites for hydroxylation is 1. The first-order valence-corrected chi connectivity index (χ1v) is 6.27. The van der Waals surface area contributed by atoms with Crippen LogP contribution >= 0.6 is 0 Å². The minimum Gasteiger partial charge on any atom is -0.333 e. The van der Waals surface area contributed by atoms with Gasteiger partial charge in [0.1, 0.15) is 0 Å². The number of nitro benzene ring substituents is 1. The zero-order chi connectivity index (χ0) is 14.0. The number of piperazine rings is 1. The molecule has 0 bridgehead atoms. The molecule has 0 unspecified atom stereocenters. The van der Waals surface area contributed by atoms with E-state index in [-0.39, 0.29) is 17.6 Å². The smallest absolute Gasteiger partial charge is 0.273 e. The lowest BCUT2D eigenvalue weighted by atomic mass is 10.1. The second kappa shape index (κ2) is 5.36. The van der Waals surface area contributed by atoms with Gasteiger partial charge >= 0.3 is 0 Å². The van der Waals surface area contributed by atoms with Crippen molar-refractivity contribution >= 4 is 11.6 Å². The van der Waals surface area contributed by atoms with E-state index in [4.69, 9.17) is 0 Å². The maximum atomic E-state index is 12.4. The summed E-state index contributed by atoms with van der Waals surface area (Å²) in [5, 5.41) is 14.1. The Hall–Kier alpha value is -1.95. The summed E-state index contributed by atoms with van der Waals surface area (Å²) in [6, 6.07) is 4.74. The Bertz CT molecular complexity index is 516. The Balaban J connectivity index is 2.28. The molecule has 0 aliphatic carbocycles. The number of amides is 1. The Kier molecular flexibility index (Phi) is 3.80. The molecular weight excluding hydrogens is 246 g/mol. The van der Waals surface area contributed by atoms with Crippen LogP contribution in [0.4, 0.5) is 5.69 Å². The molecule has 0 spiro atoms. The highest BCUT2D eigenvalue weighted by molar-refractivity contribution is 5.95. The van der Waals surface area contributed by atoms with Gasteiger partial charge in [0.05, 0.1) is 4.92 Å². The highest BCUT2D eigenvalue weighted by atomic mass is 16.6. The first-order valence-electron chi connectivity index (χ1n) is 6.27. The highest BCUT2D eigenvalue weighted by Crippen LogP contribution is 2.21. The van der Waals surface area contributed by atoms with Crippen LogP contribution in [-0.4, -0.2) is 41.4 Å². The van der Waals surface area contributed by atoms with E-state index in [1.165, 1.54) is 6.07 Å². The number of benzene rings is 1. The molecule has 1 saturated heterocycles. The molecule has 102 valence electrons. The molecule has 0 radical (unpaired) electrons. The Morgan fingerprint density at radius 3 is 2.89 bits per heavy atom. The topological polar surface area (TPSA) is 75.5 Å². The minimum absolute atomic E-state index is 0.00589. The molecule has 1 atom stereocenters. The van der Waals surface area contributed by atoms with Gasteiger partial charge in [0.2, 0.25) is 0 Å². The molecule has 1 fully saturated rings. The van der Waals surface area contributed by atoms with E-state index in [2.05, 4.69) is 5.32 Å². The lowest BCUT2D eigenvalue weighted by Gasteiger charge is -2.34. The maximum absolute atomic E-state index is 12.4. The summed E-state index contributed by atoms with van der Waals surface area (Å²) in [5.41, 5.74) is 0.939. The van der Waals surface area contributed by atoms with Crippen LogP contribution in [0, 0.1) is 17.0 Å². The van der Waals surface area contributed by atoms with Crippen LogP contribution in [0.2, 0.25) is 0 Å². The summed E-state index contributed by atoms with van der Waals surface area (Å²) in [6.07, 6.45) is 0. The average Bonchev–Trinajstić information content (AvgIpc) is 2.38.